The van der Waals surface area contributed by atoms with Crippen molar-refractivity contribution in [1.82, 2.24) is 34.8 Å². The largest absolute Gasteiger partial charge is 0.493 e. The monoisotopic (exact) mass is 558 g/mol. The Hall–Kier alpha value is -4.09. The van der Waals surface area contributed by atoms with Crippen molar-refractivity contribution in [2.45, 2.75) is 32.7 Å². The number of likely N-dealkylation sites (N-methyl/N-ethyl adjacent to an activating group) is 1. The Morgan fingerprint density at radius 1 is 1.05 bits per heavy atom. The van der Waals surface area contributed by atoms with Crippen LogP contribution < -0.4 is 14.8 Å². The zero-order valence-corrected chi connectivity index (χ0v) is 24.2. The van der Waals surface area contributed by atoms with Crippen LogP contribution in [0.1, 0.15) is 31.9 Å². The molecule has 1 N–H and O–H groups in total. The zero-order chi connectivity index (χ0) is 28.8. The van der Waals surface area contributed by atoms with Crippen LogP contribution in [0.5, 0.6) is 11.5 Å². The van der Waals surface area contributed by atoms with E-state index in [4.69, 9.17) is 9.47 Å². The number of hydrogen-bond donors (Lipinski definition) is 1. The third kappa shape index (κ3) is 7.17. The van der Waals surface area contributed by atoms with Crippen molar-refractivity contribution in [2.24, 2.45) is 0 Å². The highest BCUT2D eigenvalue weighted by Crippen LogP contribution is 2.35. The first-order chi connectivity index (χ1) is 19.9. The van der Waals surface area contributed by atoms with Gasteiger partial charge in [-0.15, -0.1) is 5.10 Å². The molecule has 11 nitrogen and oxygen atoms in total. The van der Waals surface area contributed by atoms with Crippen LogP contribution in [0.2, 0.25) is 0 Å². The van der Waals surface area contributed by atoms with Crippen LogP contribution in [0.15, 0.2) is 48.9 Å². The maximum Gasteiger partial charge on any atom is 0.246 e. The van der Waals surface area contributed by atoms with E-state index in [1.807, 2.05) is 50.2 Å². The molecular weight excluding hydrogens is 520 g/mol. The van der Waals surface area contributed by atoms with Gasteiger partial charge < -0.3 is 24.6 Å². The molecule has 1 aliphatic heterocycles. The summed E-state index contributed by atoms with van der Waals surface area (Å²) in [4.78, 5) is 26.4. The van der Waals surface area contributed by atoms with E-state index in [0.29, 0.717) is 23.8 Å². The number of fused-ring (bicyclic) bond motifs is 1. The molecule has 5 rings (SSSR count). The average Bonchev–Trinajstić information content (AvgIpc) is 3.44. The number of carbonyl (C=O) groups is 1. The predicted octanol–water partition coefficient (Wildman–Crippen LogP) is 3.68. The van der Waals surface area contributed by atoms with Crippen molar-refractivity contribution >= 4 is 22.5 Å². The summed E-state index contributed by atoms with van der Waals surface area (Å²) < 4.78 is 13.3. The average molecular weight is 559 g/mol. The number of piperazine rings is 1. The van der Waals surface area contributed by atoms with Crippen LogP contribution in [-0.2, 0) is 11.3 Å². The lowest BCUT2D eigenvalue weighted by atomic mass is 10.1. The Labute approximate surface area is 240 Å². The van der Waals surface area contributed by atoms with E-state index in [9.17, 15) is 4.79 Å². The minimum absolute atomic E-state index is 0.0953. The van der Waals surface area contributed by atoms with Gasteiger partial charge in [-0.05, 0) is 37.6 Å². The second-order valence-electron chi connectivity index (χ2n) is 10.7. The molecule has 3 heterocycles. The molecule has 0 spiro atoms. The molecule has 0 radical (unpaired) electrons. The number of anilines is 1. The number of carbonyl (C=O) groups excluding carboxylic acids is 1. The van der Waals surface area contributed by atoms with Crippen molar-refractivity contribution < 1.29 is 14.3 Å². The molecule has 0 unspecified atom stereocenters. The summed E-state index contributed by atoms with van der Waals surface area (Å²) in [6.45, 7) is 10.2. The maximum atomic E-state index is 12.5. The van der Waals surface area contributed by atoms with Crippen molar-refractivity contribution in [2.75, 3.05) is 58.8 Å². The van der Waals surface area contributed by atoms with E-state index in [2.05, 4.69) is 42.4 Å². The van der Waals surface area contributed by atoms with Gasteiger partial charge in [0.15, 0.2) is 11.5 Å². The Balaban J connectivity index is 1.23. The van der Waals surface area contributed by atoms with Crippen molar-refractivity contribution in [3.8, 4) is 22.8 Å². The van der Waals surface area contributed by atoms with Gasteiger partial charge in [-0.3, -0.25) is 4.79 Å². The molecule has 1 fully saturated rings. The number of rotatable bonds is 11. The summed E-state index contributed by atoms with van der Waals surface area (Å²) in [6.07, 6.45) is 4.30. The molecule has 1 amide bonds. The van der Waals surface area contributed by atoms with Crippen molar-refractivity contribution in [1.29, 1.82) is 0 Å². The number of amides is 1. The number of ether oxygens (including phenoxy) is 2. The summed E-state index contributed by atoms with van der Waals surface area (Å²) in [5.74, 6) is 1.40. The van der Waals surface area contributed by atoms with Gasteiger partial charge in [-0.2, -0.15) is 0 Å². The van der Waals surface area contributed by atoms with Crippen LogP contribution in [0.25, 0.3) is 22.2 Å². The molecule has 0 saturated carbocycles. The van der Waals surface area contributed by atoms with Crippen molar-refractivity contribution in [3.05, 3.63) is 54.6 Å². The van der Waals surface area contributed by atoms with E-state index >= 15 is 0 Å². The topological polar surface area (TPSA) is 111 Å². The Kier molecular flexibility index (Phi) is 9.05. The highest BCUT2D eigenvalue weighted by Gasteiger charge is 2.16. The van der Waals surface area contributed by atoms with Gasteiger partial charge in [0, 0.05) is 61.6 Å². The lowest BCUT2D eigenvalue weighted by molar-refractivity contribution is -0.116. The zero-order valence-electron chi connectivity index (χ0n) is 24.2. The molecule has 2 aromatic carbocycles. The molecule has 4 aromatic rings. The molecule has 1 saturated heterocycles. The predicted molar refractivity (Wildman–Crippen MR) is 158 cm³/mol. The fourth-order valence-corrected chi connectivity index (χ4v) is 4.82. The molecule has 0 bridgehead atoms. The molecule has 1 aliphatic rings. The van der Waals surface area contributed by atoms with E-state index in [1.54, 1.807) is 24.3 Å². The lowest BCUT2D eigenvalue weighted by Gasteiger charge is -2.32. The first-order valence-electron chi connectivity index (χ1n) is 14.1. The number of hydrogen-bond acceptors (Lipinski definition) is 9. The Morgan fingerprint density at radius 3 is 2.54 bits per heavy atom. The number of nitrogens with zero attached hydrogens (tertiary/aromatic N) is 7. The summed E-state index contributed by atoms with van der Waals surface area (Å²) in [7, 11) is 3.81. The van der Waals surface area contributed by atoms with Crippen LogP contribution in [0, 0.1) is 0 Å². The molecule has 0 aliphatic carbocycles. The third-order valence-electron chi connectivity index (χ3n) is 7.29. The van der Waals surface area contributed by atoms with E-state index in [1.165, 1.54) is 0 Å². The van der Waals surface area contributed by atoms with Crippen LogP contribution in [0.4, 0.5) is 5.69 Å². The van der Waals surface area contributed by atoms with Gasteiger partial charge in [0.1, 0.15) is 12.9 Å². The van der Waals surface area contributed by atoms with Gasteiger partial charge >= 0.3 is 0 Å². The number of aromatic nitrogens is 5. The van der Waals surface area contributed by atoms with Gasteiger partial charge in [-0.1, -0.05) is 31.2 Å². The highest BCUT2D eigenvalue weighted by atomic mass is 16.5. The third-order valence-corrected chi connectivity index (χ3v) is 7.29. The van der Waals surface area contributed by atoms with E-state index < -0.39 is 0 Å². The van der Waals surface area contributed by atoms with E-state index in [0.717, 1.165) is 67.0 Å². The fraction of sp³-hybridized carbons (Fsp3) is 0.433. The second-order valence-corrected chi connectivity index (χ2v) is 10.7. The van der Waals surface area contributed by atoms with Gasteiger partial charge in [-0.25, -0.2) is 14.6 Å². The highest BCUT2D eigenvalue weighted by molar-refractivity contribution is 5.95. The maximum absolute atomic E-state index is 12.5. The summed E-state index contributed by atoms with van der Waals surface area (Å²) >= 11 is 0. The quantitative estimate of drug-likeness (QED) is 0.276. The molecule has 216 valence electrons. The van der Waals surface area contributed by atoms with Gasteiger partial charge in [0.25, 0.3) is 0 Å². The van der Waals surface area contributed by atoms with Gasteiger partial charge in [0.2, 0.25) is 5.91 Å². The van der Waals surface area contributed by atoms with Gasteiger partial charge in [0.05, 0.1) is 30.6 Å². The molecule has 41 heavy (non-hydrogen) atoms. The first kappa shape index (κ1) is 28.4. The Morgan fingerprint density at radius 2 is 1.83 bits per heavy atom. The molecule has 2 aromatic heterocycles. The smallest absolute Gasteiger partial charge is 0.246 e. The second kappa shape index (κ2) is 13.0. The fourth-order valence-electron chi connectivity index (χ4n) is 4.82. The standard InChI is InChI=1S/C30H38N8O3/c1-21(2)26-18-38(35-34-26)19-29(39)33-23-8-6-22(7-9-23)30-24-16-27(40-4)28(17-25(24)31-20-32-30)41-15-5-10-37-13-11-36(3)12-14-37/h6-9,16-18,20-21H,5,10-15,19H2,1-4H3,(H,33,39). The number of methoxy groups -OCH3 is 1. The van der Waals surface area contributed by atoms with Crippen molar-refractivity contribution in [3.63, 3.8) is 0 Å². The molecule has 11 heteroatoms. The van der Waals surface area contributed by atoms with E-state index in [-0.39, 0.29) is 18.4 Å². The van der Waals surface area contributed by atoms with Crippen LogP contribution >= 0.6 is 0 Å². The number of nitrogens with one attached hydrogen (secondary N) is 1. The van der Waals surface area contributed by atoms with Crippen LogP contribution in [0.3, 0.4) is 0 Å². The lowest BCUT2D eigenvalue weighted by Crippen LogP contribution is -2.44. The summed E-state index contributed by atoms with van der Waals surface area (Å²) in [5.41, 5.74) is 3.99. The minimum atomic E-state index is -0.175. The summed E-state index contributed by atoms with van der Waals surface area (Å²) in [6, 6.07) is 11.4. The normalized spacial score (nSPS) is 14.5. The van der Waals surface area contributed by atoms with Crippen LogP contribution in [-0.4, -0.2) is 94.2 Å². The number of benzene rings is 2. The molecular formula is C30H38N8O3. The Bertz CT molecular complexity index is 1460. The summed E-state index contributed by atoms with van der Waals surface area (Å²) in [5, 5.41) is 11.9. The SMILES string of the molecule is COc1cc2c(-c3ccc(NC(=O)Cn4cc(C(C)C)nn4)cc3)ncnc2cc1OCCCN1CCN(C)CC1. The molecule has 0 atom stereocenters. The minimum Gasteiger partial charge on any atom is -0.493 e. The first-order valence-corrected chi connectivity index (χ1v) is 14.1.